The molecule has 15 heavy (non-hydrogen) atoms. The van der Waals surface area contributed by atoms with Crippen molar-refractivity contribution in [3.63, 3.8) is 0 Å². The summed E-state index contributed by atoms with van der Waals surface area (Å²) in [7, 11) is 0. The molecule has 0 spiro atoms. The molecule has 0 bridgehead atoms. The fourth-order valence-electron chi connectivity index (χ4n) is 1.20. The zero-order valence-electron chi connectivity index (χ0n) is 8.17. The molecule has 0 radical (unpaired) electrons. The second-order valence-corrected chi connectivity index (χ2v) is 3.27. The van der Waals surface area contributed by atoms with Gasteiger partial charge in [0.1, 0.15) is 0 Å². The Morgan fingerprint density at radius 3 is 2.33 bits per heavy atom. The van der Waals surface area contributed by atoms with Crippen LogP contribution in [0.15, 0.2) is 24.8 Å². The minimum atomic E-state index is -4.40. The summed E-state index contributed by atoms with van der Waals surface area (Å²) in [6, 6.07) is 3.42. The normalized spacial score (nSPS) is 11.3. The largest absolute Gasteiger partial charge is 0.447 e. The van der Waals surface area contributed by atoms with Crippen LogP contribution in [0.4, 0.5) is 13.2 Å². The fraction of sp³-hybridized carbons (Fsp3) is 0.200. The number of halogens is 3. The zero-order chi connectivity index (χ0) is 11.6. The van der Waals surface area contributed by atoms with Crippen molar-refractivity contribution >= 4 is 18.5 Å². The van der Waals surface area contributed by atoms with Crippen LogP contribution in [-0.2, 0) is 6.18 Å². The molecule has 0 fully saturated rings. The Kier molecular flexibility index (Phi) is 3.24. The molecule has 0 aliphatic heterocycles. The van der Waals surface area contributed by atoms with Crippen LogP contribution >= 0.6 is 0 Å². The first-order valence-corrected chi connectivity index (χ1v) is 4.37. The van der Waals surface area contributed by atoms with Crippen LogP contribution in [0.1, 0.15) is 11.1 Å². The lowest BCUT2D eigenvalue weighted by molar-refractivity contribution is -0.137. The van der Waals surface area contributed by atoms with E-state index in [0.29, 0.717) is 5.56 Å². The van der Waals surface area contributed by atoms with Crippen molar-refractivity contribution in [2.75, 3.05) is 0 Å². The van der Waals surface area contributed by atoms with E-state index in [0.717, 1.165) is 12.1 Å². The van der Waals surface area contributed by atoms with Crippen LogP contribution in [0.5, 0.6) is 0 Å². The van der Waals surface area contributed by atoms with Gasteiger partial charge in [0.25, 0.3) is 0 Å². The summed E-state index contributed by atoms with van der Waals surface area (Å²) in [6.07, 6.45) is -3.08. The Hall–Kier alpha value is -1.23. The molecule has 5 heteroatoms. The van der Waals surface area contributed by atoms with Gasteiger partial charge in [0.15, 0.2) is 0 Å². The monoisotopic (exact) mass is 214 g/mol. The number of rotatable bonds is 2. The molecule has 0 heterocycles. The fourth-order valence-corrected chi connectivity index (χ4v) is 1.20. The maximum Gasteiger partial charge on any atom is 0.416 e. The minimum absolute atomic E-state index is 0.236. The average molecular weight is 214 g/mol. The van der Waals surface area contributed by atoms with E-state index in [1.807, 2.05) is 0 Å². The Labute approximate surface area is 86.4 Å². The van der Waals surface area contributed by atoms with Crippen LogP contribution in [0, 0.1) is 0 Å². The summed E-state index contributed by atoms with van der Waals surface area (Å²) in [5.41, 5.74) is -0.184. The molecule has 0 unspecified atom stereocenters. The third-order valence-corrected chi connectivity index (χ3v) is 2.02. The van der Waals surface area contributed by atoms with E-state index in [-0.39, 0.29) is 5.46 Å². The molecular formula is C10H10BF3O. The molecule has 1 aromatic carbocycles. The summed E-state index contributed by atoms with van der Waals surface area (Å²) in [5.74, 6) is 0. The highest BCUT2D eigenvalue weighted by Gasteiger charge is 2.31. The van der Waals surface area contributed by atoms with Crippen molar-refractivity contribution in [2.45, 2.75) is 13.0 Å². The maximum absolute atomic E-state index is 12.4. The molecule has 0 saturated heterocycles. The van der Waals surface area contributed by atoms with E-state index in [1.54, 1.807) is 0 Å². The van der Waals surface area contributed by atoms with Gasteiger partial charge in [-0.1, -0.05) is 31.6 Å². The van der Waals surface area contributed by atoms with Crippen molar-refractivity contribution in [3.05, 3.63) is 35.9 Å². The molecule has 1 aromatic rings. The highest BCUT2D eigenvalue weighted by Crippen LogP contribution is 2.29. The van der Waals surface area contributed by atoms with Gasteiger partial charge >= 0.3 is 13.1 Å². The highest BCUT2D eigenvalue weighted by molar-refractivity contribution is 6.64. The second kappa shape index (κ2) is 4.10. The molecule has 0 aromatic heterocycles. The Morgan fingerprint density at radius 2 is 1.93 bits per heavy atom. The molecule has 0 atom stereocenters. The summed E-state index contributed by atoms with van der Waals surface area (Å²) in [4.78, 5) is 0. The lowest BCUT2D eigenvalue weighted by Gasteiger charge is -2.10. The quantitative estimate of drug-likeness (QED) is 0.748. The molecule has 80 valence electrons. The molecule has 1 N–H and O–H groups in total. The van der Waals surface area contributed by atoms with Gasteiger partial charge in [-0.25, -0.2) is 0 Å². The van der Waals surface area contributed by atoms with Crippen molar-refractivity contribution in [1.29, 1.82) is 0 Å². The number of alkyl halides is 3. The lowest BCUT2D eigenvalue weighted by atomic mass is 9.64. The molecule has 0 aliphatic rings. The van der Waals surface area contributed by atoms with E-state index >= 15 is 0 Å². The van der Waals surface area contributed by atoms with E-state index in [1.165, 1.54) is 19.0 Å². The third kappa shape index (κ3) is 2.86. The lowest BCUT2D eigenvalue weighted by Crippen LogP contribution is -2.27. The zero-order valence-corrected chi connectivity index (χ0v) is 8.17. The predicted octanol–water partition coefficient (Wildman–Crippen LogP) is 2.17. The van der Waals surface area contributed by atoms with Crippen molar-refractivity contribution in [1.82, 2.24) is 0 Å². The Bertz CT molecular complexity index is 371. The Morgan fingerprint density at radius 1 is 1.33 bits per heavy atom. The molecule has 1 rings (SSSR count). The van der Waals surface area contributed by atoms with E-state index in [9.17, 15) is 18.2 Å². The molecule has 0 aliphatic carbocycles. The number of benzene rings is 1. The highest BCUT2D eigenvalue weighted by atomic mass is 19.4. The number of hydrogen-bond acceptors (Lipinski definition) is 1. The van der Waals surface area contributed by atoms with Crippen LogP contribution in [-0.4, -0.2) is 11.9 Å². The third-order valence-electron chi connectivity index (χ3n) is 2.02. The predicted molar refractivity (Wildman–Crippen MR) is 55.0 cm³/mol. The van der Waals surface area contributed by atoms with Gasteiger partial charge in [-0.05, 0) is 17.1 Å². The number of hydrogen-bond donors (Lipinski definition) is 1. The smallest absolute Gasteiger partial charge is 0.416 e. The van der Waals surface area contributed by atoms with Crippen LogP contribution in [0.2, 0.25) is 6.82 Å². The maximum atomic E-state index is 12.4. The van der Waals surface area contributed by atoms with E-state index < -0.39 is 18.7 Å². The standard InChI is InChI=1S/C10H10BF3O/c1-3-7-4-8(10(12,13)14)6-9(5-7)11(2)15/h3-6,15H,1H2,2H3. The molecule has 1 nitrogen and oxygen atoms in total. The van der Waals surface area contributed by atoms with Crippen LogP contribution in [0.3, 0.4) is 0 Å². The van der Waals surface area contributed by atoms with Gasteiger partial charge in [0.05, 0.1) is 5.56 Å². The molecular weight excluding hydrogens is 204 g/mol. The van der Waals surface area contributed by atoms with Gasteiger partial charge in [0, 0.05) is 0 Å². The first-order valence-electron chi connectivity index (χ1n) is 4.37. The summed E-state index contributed by atoms with van der Waals surface area (Å²) in [5, 5.41) is 9.23. The van der Waals surface area contributed by atoms with Crippen molar-refractivity contribution < 1.29 is 18.2 Å². The summed E-state index contributed by atoms with van der Waals surface area (Å²) in [6.45, 7) is 3.90. The first-order chi connectivity index (χ1) is 6.84. The van der Waals surface area contributed by atoms with Crippen molar-refractivity contribution in [2.24, 2.45) is 0 Å². The van der Waals surface area contributed by atoms with Gasteiger partial charge in [-0.15, -0.1) is 0 Å². The Balaban J connectivity index is 3.29. The van der Waals surface area contributed by atoms with Gasteiger partial charge < -0.3 is 5.02 Å². The van der Waals surface area contributed by atoms with Crippen LogP contribution < -0.4 is 5.46 Å². The molecule has 0 saturated carbocycles. The topological polar surface area (TPSA) is 20.2 Å². The van der Waals surface area contributed by atoms with Gasteiger partial charge in [-0.3, -0.25) is 0 Å². The van der Waals surface area contributed by atoms with Crippen LogP contribution in [0.25, 0.3) is 6.08 Å². The second-order valence-electron chi connectivity index (χ2n) is 3.27. The van der Waals surface area contributed by atoms with Gasteiger partial charge in [-0.2, -0.15) is 13.2 Å². The SMILES string of the molecule is C=Cc1cc(B(C)O)cc(C(F)(F)F)c1. The van der Waals surface area contributed by atoms with Crippen molar-refractivity contribution in [3.8, 4) is 0 Å². The van der Waals surface area contributed by atoms with E-state index in [4.69, 9.17) is 0 Å². The minimum Gasteiger partial charge on any atom is -0.447 e. The van der Waals surface area contributed by atoms with E-state index in [2.05, 4.69) is 6.58 Å². The summed E-state index contributed by atoms with van der Waals surface area (Å²) >= 11 is 0. The first kappa shape index (κ1) is 11.8. The van der Waals surface area contributed by atoms with Gasteiger partial charge in [0.2, 0.25) is 0 Å². The molecule has 0 amide bonds. The average Bonchev–Trinajstić information content (AvgIpc) is 2.15. The summed E-state index contributed by atoms with van der Waals surface area (Å²) < 4.78 is 37.3.